The van der Waals surface area contributed by atoms with E-state index in [-0.39, 0.29) is 5.75 Å². The molecule has 2 fully saturated rings. The van der Waals surface area contributed by atoms with Crippen molar-refractivity contribution in [3.05, 3.63) is 90.2 Å². The molecule has 150 valence electrons. The largest absolute Gasteiger partial charge is 0.508 e. The molecule has 6 nitrogen and oxygen atoms in total. The van der Waals surface area contributed by atoms with Crippen LogP contribution in [0.2, 0.25) is 0 Å². The number of hydrogen-bond donors (Lipinski definition) is 1. The van der Waals surface area contributed by atoms with Crippen LogP contribution in [0.5, 0.6) is 5.75 Å². The molecule has 0 unspecified atom stereocenters. The van der Waals surface area contributed by atoms with Crippen molar-refractivity contribution < 1.29 is 23.9 Å². The Bertz CT molecular complexity index is 1120. The molecule has 1 N–H and O–H groups in total. The van der Waals surface area contributed by atoms with E-state index in [1.807, 2.05) is 30.3 Å². The van der Waals surface area contributed by atoms with Gasteiger partial charge >= 0.3 is 0 Å². The summed E-state index contributed by atoms with van der Waals surface area (Å²) in [5, 5.41) is 11.5. The number of benzene rings is 3. The lowest BCUT2D eigenvalue weighted by molar-refractivity contribution is -0.126. The summed E-state index contributed by atoms with van der Waals surface area (Å²) in [5.74, 6) is -2.15. The summed E-state index contributed by atoms with van der Waals surface area (Å²) in [7, 11) is 0. The standard InChI is InChI=1S/C23H17FN2O4/c24-15-9-11-16(12-10-15)25-22(28)19-20(14-5-4-8-18(27)13-14)26(30-21(19)23(25)29)17-6-2-1-3-7-17/h1-13,19-21,27H/t19-,20-,21-/m1/s1. The van der Waals surface area contributed by atoms with Gasteiger partial charge in [-0.05, 0) is 54.1 Å². The summed E-state index contributed by atoms with van der Waals surface area (Å²) in [6, 6.07) is 20.3. The summed E-state index contributed by atoms with van der Waals surface area (Å²) in [6.45, 7) is 0. The number of nitrogens with zero attached hydrogens (tertiary/aromatic N) is 2. The molecule has 7 heteroatoms. The van der Waals surface area contributed by atoms with Crippen molar-refractivity contribution in [2.45, 2.75) is 12.1 Å². The lowest BCUT2D eigenvalue weighted by atomic mass is 9.90. The molecular weight excluding hydrogens is 387 g/mol. The highest BCUT2D eigenvalue weighted by atomic mass is 19.1. The first kappa shape index (κ1) is 18.3. The molecule has 3 aromatic rings. The average molecular weight is 404 g/mol. The van der Waals surface area contributed by atoms with Crippen LogP contribution in [0.3, 0.4) is 0 Å². The predicted octanol–water partition coefficient (Wildman–Crippen LogP) is 3.58. The minimum Gasteiger partial charge on any atom is -0.508 e. The molecule has 0 aliphatic carbocycles. The van der Waals surface area contributed by atoms with Crippen LogP contribution < -0.4 is 9.96 Å². The van der Waals surface area contributed by atoms with E-state index in [4.69, 9.17) is 4.84 Å². The second kappa shape index (κ2) is 6.96. The number of phenolic OH excluding ortho intramolecular Hbond substituents is 1. The zero-order chi connectivity index (χ0) is 20.8. The van der Waals surface area contributed by atoms with Crippen molar-refractivity contribution in [1.82, 2.24) is 0 Å². The van der Waals surface area contributed by atoms with E-state index in [1.54, 1.807) is 23.3 Å². The molecule has 0 aromatic heterocycles. The van der Waals surface area contributed by atoms with Gasteiger partial charge < -0.3 is 5.11 Å². The fourth-order valence-electron chi connectivity index (χ4n) is 4.11. The third kappa shape index (κ3) is 2.83. The minimum atomic E-state index is -1.02. The van der Waals surface area contributed by atoms with Gasteiger partial charge in [0.1, 0.15) is 17.5 Å². The Morgan fingerprint density at radius 3 is 2.27 bits per heavy atom. The quantitative estimate of drug-likeness (QED) is 0.676. The number of imide groups is 1. The third-order valence-corrected chi connectivity index (χ3v) is 5.42. The molecule has 5 rings (SSSR count). The fourth-order valence-corrected chi connectivity index (χ4v) is 4.11. The molecule has 2 aliphatic rings. The van der Waals surface area contributed by atoms with Gasteiger partial charge in [-0.15, -0.1) is 0 Å². The second-order valence-electron chi connectivity index (χ2n) is 7.24. The number of amides is 2. The predicted molar refractivity (Wildman–Crippen MR) is 107 cm³/mol. The zero-order valence-electron chi connectivity index (χ0n) is 15.7. The normalized spacial score (nSPS) is 23.2. The maximum Gasteiger partial charge on any atom is 0.266 e. The Hall–Kier alpha value is -3.71. The number of hydrogen-bond acceptors (Lipinski definition) is 5. The Labute approximate surface area is 171 Å². The lowest BCUT2D eigenvalue weighted by Crippen LogP contribution is -2.37. The SMILES string of the molecule is O=C1[C@@H]2[C@@H](c3cccc(O)c3)N(c3ccccc3)O[C@H]2C(=O)N1c1ccc(F)cc1. The van der Waals surface area contributed by atoms with Gasteiger partial charge in [0, 0.05) is 0 Å². The highest BCUT2D eigenvalue weighted by Gasteiger charge is 2.60. The number of hydroxylamine groups is 1. The number of anilines is 2. The third-order valence-electron chi connectivity index (χ3n) is 5.42. The van der Waals surface area contributed by atoms with Crippen LogP contribution in [0, 0.1) is 11.7 Å². The van der Waals surface area contributed by atoms with Gasteiger partial charge in [-0.3, -0.25) is 14.4 Å². The van der Waals surface area contributed by atoms with Gasteiger partial charge in [-0.25, -0.2) is 14.4 Å². The highest BCUT2D eigenvalue weighted by molar-refractivity contribution is 6.23. The molecule has 2 heterocycles. The van der Waals surface area contributed by atoms with E-state index in [0.29, 0.717) is 16.9 Å². The number of rotatable bonds is 3. The lowest BCUT2D eigenvalue weighted by Gasteiger charge is -2.28. The minimum absolute atomic E-state index is 0.0520. The maximum absolute atomic E-state index is 13.4. The van der Waals surface area contributed by atoms with Crippen molar-refractivity contribution in [2.75, 3.05) is 9.96 Å². The van der Waals surface area contributed by atoms with Crippen LogP contribution >= 0.6 is 0 Å². The summed E-state index contributed by atoms with van der Waals surface area (Å²) in [6.07, 6.45) is -1.02. The van der Waals surface area contributed by atoms with Gasteiger partial charge in [-0.1, -0.05) is 30.3 Å². The van der Waals surface area contributed by atoms with Gasteiger partial charge in [0.25, 0.3) is 5.91 Å². The number of carbonyl (C=O) groups is 2. The zero-order valence-corrected chi connectivity index (χ0v) is 15.7. The molecule has 0 bridgehead atoms. The van der Waals surface area contributed by atoms with Crippen LogP contribution in [0.4, 0.5) is 15.8 Å². The van der Waals surface area contributed by atoms with Gasteiger partial charge in [0.15, 0.2) is 6.10 Å². The van der Waals surface area contributed by atoms with E-state index in [1.165, 1.54) is 30.3 Å². The van der Waals surface area contributed by atoms with Gasteiger partial charge in [0.05, 0.1) is 17.4 Å². The number of halogens is 1. The van der Waals surface area contributed by atoms with Crippen molar-refractivity contribution in [3.63, 3.8) is 0 Å². The molecule has 2 amide bonds. The molecule has 2 aliphatic heterocycles. The monoisotopic (exact) mass is 404 g/mol. The number of carbonyl (C=O) groups excluding carboxylic acids is 2. The Morgan fingerprint density at radius 1 is 0.833 bits per heavy atom. The van der Waals surface area contributed by atoms with Crippen molar-refractivity contribution in [1.29, 1.82) is 0 Å². The van der Waals surface area contributed by atoms with Gasteiger partial charge in [-0.2, -0.15) is 0 Å². The van der Waals surface area contributed by atoms with Crippen molar-refractivity contribution in [2.24, 2.45) is 5.92 Å². The first-order valence-electron chi connectivity index (χ1n) is 9.48. The molecule has 3 aromatic carbocycles. The van der Waals surface area contributed by atoms with E-state index in [2.05, 4.69) is 0 Å². The highest BCUT2D eigenvalue weighted by Crippen LogP contribution is 2.47. The van der Waals surface area contributed by atoms with Crippen LogP contribution in [0.15, 0.2) is 78.9 Å². The molecule has 3 atom stereocenters. The number of fused-ring (bicyclic) bond motifs is 1. The summed E-state index contributed by atoms with van der Waals surface area (Å²) >= 11 is 0. The van der Waals surface area contributed by atoms with E-state index in [9.17, 15) is 19.1 Å². The molecule has 0 radical (unpaired) electrons. The van der Waals surface area contributed by atoms with Crippen molar-refractivity contribution >= 4 is 23.2 Å². The molecule has 0 spiro atoms. The second-order valence-corrected chi connectivity index (χ2v) is 7.24. The van der Waals surface area contributed by atoms with E-state index in [0.717, 1.165) is 4.90 Å². The molecule has 0 saturated carbocycles. The average Bonchev–Trinajstić information content (AvgIpc) is 3.26. The smallest absolute Gasteiger partial charge is 0.266 e. The van der Waals surface area contributed by atoms with Crippen molar-refractivity contribution in [3.8, 4) is 5.75 Å². The first-order chi connectivity index (χ1) is 14.5. The number of aromatic hydroxyl groups is 1. The Kier molecular flexibility index (Phi) is 4.25. The Balaban J connectivity index is 1.59. The summed E-state index contributed by atoms with van der Waals surface area (Å²) in [5.41, 5.74) is 1.63. The summed E-state index contributed by atoms with van der Waals surface area (Å²) < 4.78 is 13.3. The first-order valence-corrected chi connectivity index (χ1v) is 9.48. The number of phenols is 1. The van der Waals surface area contributed by atoms with Crippen LogP contribution in [-0.2, 0) is 14.4 Å². The van der Waals surface area contributed by atoms with Gasteiger partial charge in [0.2, 0.25) is 5.91 Å². The van der Waals surface area contributed by atoms with Crippen LogP contribution in [0.25, 0.3) is 0 Å². The molecule has 2 saturated heterocycles. The molecule has 30 heavy (non-hydrogen) atoms. The number of para-hydroxylation sites is 1. The molecular formula is C23H17FN2O4. The summed E-state index contributed by atoms with van der Waals surface area (Å²) in [4.78, 5) is 33.5. The van der Waals surface area contributed by atoms with Crippen LogP contribution in [-0.4, -0.2) is 23.0 Å². The van der Waals surface area contributed by atoms with E-state index < -0.39 is 35.7 Å². The topological polar surface area (TPSA) is 70.1 Å². The maximum atomic E-state index is 13.4. The fraction of sp³-hybridized carbons (Fsp3) is 0.130. The van der Waals surface area contributed by atoms with Crippen LogP contribution in [0.1, 0.15) is 11.6 Å². The Morgan fingerprint density at radius 2 is 1.57 bits per heavy atom. The van der Waals surface area contributed by atoms with E-state index >= 15 is 0 Å².